The van der Waals surface area contributed by atoms with Gasteiger partial charge in [0.15, 0.2) is 0 Å². The lowest BCUT2D eigenvalue weighted by molar-refractivity contribution is -0.145. The smallest absolute Gasteiger partial charge is 0.322 e. The van der Waals surface area contributed by atoms with Gasteiger partial charge in [0.1, 0.15) is 6.04 Å². The van der Waals surface area contributed by atoms with E-state index in [9.17, 15) is 4.79 Å². The van der Waals surface area contributed by atoms with E-state index in [1.54, 1.807) is 0 Å². The number of ether oxygens (including phenoxy) is 1. The molecule has 0 aliphatic carbocycles. The Kier molecular flexibility index (Phi) is 9.30. The molecule has 0 rings (SSSR count). The second-order valence-corrected chi connectivity index (χ2v) is 4.82. The van der Waals surface area contributed by atoms with Gasteiger partial charge in [-0.25, -0.2) is 0 Å². The van der Waals surface area contributed by atoms with Gasteiger partial charge in [0.25, 0.3) is 0 Å². The molecule has 0 aromatic heterocycles. The molecule has 0 aliphatic rings. The number of hydrogen-bond donors (Lipinski definition) is 1. The van der Waals surface area contributed by atoms with Crippen molar-refractivity contribution in [1.29, 1.82) is 0 Å². The van der Waals surface area contributed by atoms with E-state index in [1.165, 1.54) is 19.3 Å². The summed E-state index contributed by atoms with van der Waals surface area (Å²) in [6.07, 6.45) is 6.53. The van der Waals surface area contributed by atoms with E-state index in [0.29, 0.717) is 18.9 Å². The zero-order chi connectivity index (χ0) is 12.4. The summed E-state index contributed by atoms with van der Waals surface area (Å²) >= 11 is 0. The van der Waals surface area contributed by atoms with Crippen molar-refractivity contribution in [3.63, 3.8) is 0 Å². The summed E-state index contributed by atoms with van der Waals surface area (Å²) in [6, 6.07) is -0.448. The fraction of sp³-hybridized carbons (Fsp3) is 0.923. The van der Waals surface area contributed by atoms with Crippen molar-refractivity contribution in [3.8, 4) is 0 Å². The molecule has 96 valence electrons. The summed E-state index contributed by atoms with van der Waals surface area (Å²) in [6.45, 7) is 6.81. The van der Waals surface area contributed by atoms with Crippen molar-refractivity contribution >= 4 is 5.97 Å². The second kappa shape index (κ2) is 9.64. The molecule has 0 aromatic carbocycles. The number of esters is 1. The number of unbranched alkanes of at least 4 members (excludes halogenated alkanes) is 4. The van der Waals surface area contributed by atoms with Crippen molar-refractivity contribution in [2.45, 2.75) is 65.3 Å². The molecule has 0 saturated heterocycles. The lowest BCUT2D eigenvalue weighted by Crippen LogP contribution is -2.33. The molecule has 0 aromatic rings. The highest BCUT2D eigenvalue weighted by molar-refractivity contribution is 5.75. The van der Waals surface area contributed by atoms with E-state index in [1.807, 2.05) is 0 Å². The SMILES string of the molecule is CCCCCCCOC(=O)C(N)CC(C)C. The molecular formula is C13H27NO2. The molecule has 0 aliphatic heterocycles. The van der Waals surface area contributed by atoms with Gasteiger partial charge in [0.2, 0.25) is 0 Å². The van der Waals surface area contributed by atoms with E-state index >= 15 is 0 Å². The third-order valence-electron chi connectivity index (χ3n) is 2.52. The van der Waals surface area contributed by atoms with E-state index in [4.69, 9.17) is 10.5 Å². The van der Waals surface area contributed by atoms with Crippen LogP contribution in [-0.4, -0.2) is 18.6 Å². The Labute approximate surface area is 99.7 Å². The van der Waals surface area contributed by atoms with Crippen LogP contribution in [0, 0.1) is 5.92 Å². The Morgan fingerprint density at radius 1 is 1.19 bits per heavy atom. The summed E-state index contributed by atoms with van der Waals surface area (Å²) in [5, 5.41) is 0. The maximum Gasteiger partial charge on any atom is 0.322 e. The average molecular weight is 229 g/mol. The summed E-state index contributed by atoms with van der Waals surface area (Å²) in [5.74, 6) is 0.191. The molecule has 0 amide bonds. The topological polar surface area (TPSA) is 52.3 Å². The van der Waals surface area contributed by atoms with Crippen LogP contribution in [0.1, 0.15) is 59.3 Å². The van der Waals surface area contributed by atoms with Gasteiger partial charge in [-0.15, -0.1) is 0 Å². The van der Waals surface area contributed by atoms with Crippen molar-refractivity contribution in [2.24, 2.45) is 11.7 Å². The van der Waals surface area contributed by atoms with Crippen LogP contribution in [0.2, 0.25) is 0 Å². The average Bonchev–Trinajstić information content (AvgIpc) is 2.21. The largest absolute Gasteiger partial charge is 0.465 e. The van der Waals surface area contributed by atoms with Crippen LogP contribution in [0.4, 0.5) is 0 Å². The van der Waals surface area contributed by atoms with Crippen LogP contribution in [0.15, 0.2) is 0 Å². The standard InChI is InChI=1S/C13H27NO2/c1-4-5-6-7-8-9-16-13(15)12(14)10-11(2)3/h11-12H,4-10,14H2,1-3H3. The molecular weight excluding hydrogens is 202 g/mol. The lowest BCUT2D eigenvalue weighted by Gasteiger charge is -2.13. The summed E-state index contributed by atoms with van der Waals surface area (Å²) in [7, 11) is 0. The second-order valence-electron chi connectivity index (χ2n) is 4.82. The fourth-order valence-electron chi connectivity index (χ4n) is 1.59. The van der Waals surface area contributed by atoms with Gasteiger partial charge >= 0.3 is 5.97 Å². The maximum absolute atomic E-state index is 11.4. The predicted molar refractivity (Wildman–Crippen MR) is 67.1 cm³/mol. The van der Waals surface area contributed by atoms with Gasteiger partial charge in [-0.3, -0.25) is 4.79 Å². The Morgan fingerprint density at radius 3 is 2.38 bits per heavy atom. The summed E-state index contributed by atoms with van der Waals surface area (Å²) in [5.41, 5.74) is 5.71. The Hall–Kier alpha value is -0.570. The van der Waals surface area contributed by atoms with E-state index in [0.717, 1.165) is 12.8 Å². The summed E-state index contributed by atoms with van der Waals surface area (Å²) in [4.78, 5) is 11.4. The first-order chi connectivity index (χ1) is 7.57. The van der Waals surface area contributed by atoms with E-state index in [-0.39, 0.29) is 5.97 Å². The highest BCUT2D eigenvalue weighted by Gasteiger charge is 2.15. The minimum Gasteiger partial charge on any atom is -0.465 e. The highest BCUT2D eigenvalue weighted by Crippen LogP contribution is 2.06. The molecule has 16 heavy (non-hydrogen) atoms. The number of rotatable bonds is 9. The molecule has 0 heterocycles. The third kappa shape index (κ3) is 8.72. The minimum absolute atomic E-state index is 0.246. The molecule has 3 heteroatoms. The van der Waals surface area contributed by atoms with E-state index in [2.05, 4.69) is 20.8 Å². The molecule has 0 spiro atoms. The van der Waals surface area contributed by atoms with Gasteiger partial charge in [0, 0.05) is 0 Å². The number of carbonyl (C=O) groups excluding carboxylic acids is 1. The van der Waals surface area contributed by atoms with E-state index < -0.39 is 6.04 Å². The zero-order valence-electron chi connectivity index (χ0n) is 11.0. The Balaban J connectivity index is 3.42. The predicted octanol–water partition coefficient (Wildman–Crippen LogP) is 2.87. The summed E-state index contributed by atoms with van der Waals surface area (Å²) < 4.78 is 5.12. The van der Waals surface area contributed by atoms with Crippen LogP contribution in [0.5, 0.6) is 0 Å². The first-order valence-corrected chi connectivity index (χ1v) is 6.50. The van der Waals surface area contributed by atoms with Gasteiger partial charge in [0.05, 0.1) is 6.61 Å². The zero-order valence-corrected chi connectivity index (χ0v) is 11.0. The first kappa shape index (κ1) is 15.4. The maximum atomic E-state index is 11.4. The fourth-order valence-corrected chi connectivity index (χ4v) is 1.59. The number of nitrogens with two attached hydrogens (primary N) is 1. The highest BCUT2D eigenvalue weighted by atomic mass is 16.5. The molecule has 1 unspecified atom stereocenters. The van der Waals surface area contributed by atoms with Gasteiger partial charge in [-0.1, -0.05) is 46.5 Å². The molecule has 0 fully saturated rings. The monoisotopic (exact) mass is 229 g/mol. The Bertz CT molecular complexity index is 181. The molecule has 0 bridgehead atoms. The van der Waals surface area contributed by atoms with Gasteiger partial charge in [-0.05, 0) is 18.8 Å². The van der Waals surface area contributed by atoms with Gasteiger partial charge < -0.3 is 10.5 Å². The van der Waals surface area contributed by atoms with Crippen LogP contribution in [-0.2, 0) is 9.53 Å². The van der Waals surface area contributed by atoms with Gasteiger partial charge in [-0.2, -0.15) is 0 Å². The number of carbonyl (C=O) groups is 1. The molecule has 3 nitrogen and oxygen atoms in total. The van der Waals surface area contributed by atoms with Crippen LogP contribution in [0.25, 0.3) is 0 Å². The molecule has 0 radical (unpaired) electrons. The molecule has 1 atom stereocenters. The molecule has 2 N–H and O–H groups in total. The van der Waals surface area contributed by atoms with Crippen molar-refractivity contribution in [3.05, 3.63) is 0 Å². The van der Waals surface area contributed by atoms with Crippen molar-refractivity contribution in [1.82, 2.24) is 0 Å². The Morgan fingerprint density at radius 2 is 1.81 bits per heavy atom. The molecule has 0 saturated carbocycles. The number of hydrogen-bond acceptors (Lipinski definition) is 3. The minimum atomic E-state index is -0.448. The third-order valence-corrected chi connectivity index (χ3v) is 2.52. The first-order valence-electron chi connectivity index (χ1n) is 6.50. The van der Waals surface area contributed by atoms with Crippen LogP contribution in [0.3, 0.4) is 0 Å². The quantitative estimate of drug-likeness (QED) is 0.488. The van der Waals surface area contributed by atoms with Crippen LogP contribution >= 0.6 is 0 Å². The van der Waals surface area contributed by atoms with Crippen molar-refractivity contribution in [2.75, 3.05) is 6.61 Å². The lowest BCUT2D eigenvalue weighted by atomic mass is 10.1. The van der Waals surface area contributed by atoms with Crippen LogP contribution < -0.4 is 5.73 Å². The normalized spacial score (nSPS) is 12.8. The van der Waals surface area contributed by atoms with Crippen molar-refractivity contribution < 1.29 is 9.53 Å².